The molecule has 2 aromatic rings. The van der Waals surface area contributed by atoms with Gasteiger partial charge >= 0.3 is 0 Å². The summed E-state index contributed by atoms with van der Waals surface area (Å²) in [4.78, 5) is 0. The zero-order valence-corrected chi connectivity index (χ0v) is 10.5. The van der Waals surface area contributed by atoms with Gasteiger partial charge < -0.3 is 4.74 Å². The first-order valence-electron chi connectivity index (χ1n) is 6.24. The molecule has 2 aromatic carbocycles. The summed E-state index contributed by atoms with van der Waals surface area (Å²) in [6.07, 6.45) is 7.50. The molecule has 0 radical (unpaired) electrons. The molecule has 1 heterocycles. The van der Waals surface area contributed by atoms with Crippen LogP contribution in [0.4, 0.5) is 0 Å². The highest BCUT2D eigenvalue weighted by Gasteiger charge is 2.12. The van der Waals surface area contributed by atoms with Crippen molar-refractivity contribution >= 4 is 5.57 Å². The van der Waals surface area contributed by atoms with E-state index < -0.39 is 0 Å². The Kier molecular flexibility index (Phi) is 3.03. The van der Waals surface area contributed by atoms with Crippen molar-refractivity contribution in [3.8, 4) is 16.9 Å². The molecule has 0 amide bonds. The molecule has 3 rings (SSSR count). The van der Waals surface area contributed by atoms with Crippen LogP contribution in [0.2, 0.25) is 0 Å². The van der Waals surface area contributed by atoms with Crippen molar-refractivity contribution in [2.75, 3.05) is 0 Å². The number of benzene rings is 2. The van der Waals surface area contributed by atoms with E-state index in [1.165, 1.54) is 0 Å². The van der Waals surface area contributed by atoms with Crippen LogP contribution in [0.1, 0.15) is 5.56 Å². The number of rotatable bonds is 1. The van der Waals surface area contributed by atoms with Crippen LogP contribution in [0, 0.1) is 0 Å². The summed E-state index contributed by atoms with van der Waals surface area (Å²) in [6.45, 7) is 4.09. The molecule has 19 heavy (non-hydrogen) atoms. The Morgan fingerprint density at radius 2 is 1.58 bits per heavy atom. The number of hydrogen-bond acceptors (Lipinski definition) is 1. The molecule has 0 saturated heterocycles. The Balaban J connectivity index is 2.21. The molecule has 92 valence electrons. The standard InChI is InChI=1S/C18H14O/c1-14-8-5-6-13-19-18-16(14)11-7-12-17(18)15-9-3-2-4-10-15/h2-13H,1H2/b8-5-,13-6-. The number of ether oxygens (including phenoxy) is 1. The van der Waals surface area contributed by atoms with E-state index in [0.29, 0.717) is 0 Å². The van der Waals surface area contributed by atoms with E-state index in [9.17, 15) is 0 Å². The third-order valence-corrected chi connectivity index (χ3v) is 3.12. The predicted octanol–water partition coefficient (Wildman–Crippen LogP) is 4.83. The van der Waals surface area contributed by atoms with E-state index in [2.05, 4.69) is 24.8 Å². The van der Waals surface area contributed by atoms with Crippen molar-refractivity contribution in [2.24, 2.45) is 0 Å². The Bertz CT molecular complexity index is 663. The van der Waals surface area contributed by atoms with Crippen molar-refractivity contribution in [1.29, 1.82) is 0 Å². The minimum Gasteiger partial charge on any atom is -0.464 e. The van der Waals surface area contributed by atoms with Gasteiger partial charge in [-0.25, -0.2) is 0 Å². The molecule has 0 bridgehead atoms. The fraction of sp³-hybridized carbons (Fsp3) is 0. The summed E-state index contributed by atoms with van der Waals surface area (Å²) in [5.74, 6) is 0.860. The first kappa shape index (κ1) is 11.5. The molecular weight excluding hydrogens is 232 g/mol. The van der Waals surface area contributed by atoms with Crippen molar-refractivity contribution < 1.29 is 4.74 Å². The maximum atomic E-state index is 5.79. The van der Waals surface area contributed by atoms with E-state index in [1.807, 2.05) is 48.6 Å². The fourth-order valence-corrected chi connectivity index (χ4v) is 2.18. The monoisotopic (exact) mass is 246 g/mol. The van der Waals surface area contributed by atoms with Crippen LogP contribution < -0.4 is 4.74 Å². The maximum absolute atomic E-state index is 5.79. The van der Waals surface area contributed by atoms with Gasteiger partial charge in [0, 0.05) is 11.1 Å². The molecule has 0 spiro atoms. The summed E-state index contributed by atoms with van der Waals surface area (Å²) in [6, 6.07) is 16.4. The van der Waals surface area contributed by atoms with Gasteiger partial charge in [0.15, 0.2) is 0 Å². The van der Waals surface area contributed by atoms with Crippen LogP contribution in [-0.4, -0.2) is 0 Å². The molecule has 1 heteroatoms. The second-order valence-corrected chi connectivity index (χ2v) is 4.38. The van der Waals surface area contributed by atoms with Crippen molar-refractivity contribution in [2.45, 2.75) is 0 Å². The fourth-order valence-electron chi connectivity index (χ4n) is 2.18. The SMILES string of the molecule is C=C1/C=C\C=C/Oc2c1cccc2-c1ccccc1. The van der Waals surface area contributed by atoms with Gasteiger partial charge in [-0.15, -0.1) is 0 Å². The first-order valence-corrected chi connectivity index (χ1v) is 6.24. The topological polar surface area (TPSA) is 9.23 Å². The zero-order valence-electron chi connectivity index (χ0n) is 10.5. The highest BCUT2D eigenvalue weighted by atomic mass is 16.5. The molecule has 0 saturated carbocycles. The van der Waals surface area contributed by atoms with Crippen LogP contribution in [0.25, 0.3) is 16.7 Å². The molecule has 0 aliphatic carbocycles. The van der Waals surface area contributed by atoms with Gasteiger partial charge in [-0.05, 0) is 17.2 Å². The number of para-hydroxylation sites is 1. The van der Waals surface area contributed by atoms with Crippen molar-refractivity contribution in [3.63, 3.8) is 0 Å². The molecule has 0 aromatic heterocycles. The Labute approximate surface area is 113 Å². The van der Waals surface area contributed by atoms with Gasteiger partial charge in [-0.2, -0.15) is 0 Å². The Morgan fingerprint density at radius 3 is 2.42 bits per heavy atom. The van der Waals surface area contributed by atoms with Crippen molar-refractivity contribution in [1.82, 2.24) is 0 Å². The van der Waals surface area contributed by atoms with E-state index in [-0.39, 0.29) is 0 Å². The van der Waals surface area contributed by atoms with Crippen molar-refractivity contribution in [3.05, 3.63) is 85.2 Å². The summed E-state index contributed by atoms with van der Waals surface area (Å²) in [7, 11) is 0. The largest absolute Gasteiger partial charge is 0.464 e. The smallest absolute Gasteiger partial charge is 0.142 e. The number of allylic oxidation sites excluding steroid dienone is 4. The van der Waals surface area contributed by atoms with Crippen LogP contribution in [0.15, 0.2) is 79.6 Å². The highest BCUT2D eigenvalue weighted by Crippen LogP contribution is 2.37. The summed E-state index contributed by atoms with van der Waals surface area (Å²) >= 11 is 0. The molecule has 1 nitrogen and oxygen atoms in total. The molecule has 1 aliphatic rings. The quantitative estimate of drug-likeness (QED) is 0.700. The molecule has 0 N–H and O–H groups in total. The van der Waals surface area contributed by atoms with Crippen LogP contribution in [-0.2, 0) is 0 Å². The lowest BCUT2D eigenvalue weighted by Gasteiger charge is -2.15. The number of fused-ring (bicyclic) bond motifs is 1. The van der Waals surface area contributed by atoms with E-state index in [0.717, 1.165) is 28.0 Å². The van der Waals surface area contributed by atoms with Gasteiger partial charge in [0.1, 0.15) is 5.75 Å². The summed E-state index contributed by atoms with van der Waals surface area (Å²) in [5.41, 5.74) is 4.21. The van der Waals surface area contributed by atoms with Crippen LogP contribution in [0.5, 0.6) is 5.75 Å². The predicted molar refractivity (Wildman–Crippen MR) is 79.8 cm³/mol. The number of hydrogen-bond donors (Lipinski definition) is 0. The average Bonchev–Trinajstić information content (AvgIpc) is 2.45. The minimum atomic E-state index is 0.860. The lowest BCUT2D eigenvalue weighted by atomic mass is 9.97. The maximum Gasteiger partial charge on any atom is 0.142 e. The lowest BCUT2D eigenvalue weighted by molar-refractivity contribution is 0.481. The van der Waals surface area contributed by atoms with Gasteiger partial charge in [-0.1, -0.05) is 67.3 Å². The second-order valence-electron chi connectivity index (χ2n) is 4.38. The lowest BCUT2D eigenvalue weighted by Crippen LogP contribution is -1.94. The van der Waals surface area contributed by atoms with Crippen LogP contribution >= 0.6 is 0 Å². The van der Waals surface area contributed by atoms with Gasteiger partial charge in [0.25, 0.3) is 0 Å². The van der Waals surface area contributed by atoms with Gasteiger partial charge in [0.05, 0.1) is 6.26 Å². The highest BCUT2D eigenvalue weighted by molar-refractivity contribution is 5.84. The molecule has 0 unspecified atom stereocenters. The Hall–Kier alpha value is -2.54. The van der Waals surface area contributed by atoms with E-state index in [4.69, 9.17) is 4.74 Å². The minimum absolute atomic E-state index is 0.860. The van der Waals surface area contributed by atoms with Gasteiger partial charge in [-0.3, -0.25) is 0 Å². The average molecular weight is 246 g/mol. The summed E-state index contributed by atoms with van der Waals surface area (Å²) in [5, 5.41) is 0. The van der Waals surface area contributed by atoms with E-state index in [1.54, 1.807) is 6.26 Å². The normalized spacial score (nSPS) is 16.7. The first-order chi connectivity index (χ1) is 9.36. The third-order valence-electron chi connectivity index (χ3n) is 3.12. The van der Waals surface area contributed by atoms with Gasteiger partial charge in [0.2, 0.25) is 0 Å². The molecule has 1 aliphatic heterocycles. The van der Waals surface area contributed by atoms with Crippen LogP contribution in [0.3, 0.4) is 0 Å². The third kappa shape index (κ3) is 2.23. The summed E-state index contributed by atoms with van der Waals surface area (Å²) < 4.78 is 5.79. The molecule has 0 atom stereocenters. The molecule has 0 fully saturated rings. The Morgan fingerprint density at radius 1 is 0.789 bits per heavy atom. The zero-order chi connectivity index (χ0) is 13.1. The molecular formula is C18H14O. The van der Waals surface area contributed by atoms with E-state index >= 15 is 0 Å². The second kappa shape index (κ2) is 4.99.